The van der Waals surface area contributed by atoms with Crippen LogP contribution in [0.4, 0.5) is 5.69 Å². The molecule has 0 saturated carbocycles. The maximum atomic E-state index is 12.3. The molecule has 7 heteroatoms. The van der Waals surface area contributed by atoms with Gasteiger partial charge in [0.25, 0.3) is 0 Å². The van der Waals surface area contributed by atoms with E-state index < -0.39 is 16.0 Å². The molecule has 1 heterocycles. The van der Waals surface area contributed by atoms with E-state index in [1.165, 1.54) is 16.4 Å². The van der Waals surface area contributed by atoms with Gasteiger partial charge in [-0.15, -0.1) is 0 Å². The number of carbonyl (C=O) groups is 2. The van der Waals surface area contributed by atoms with Crippen LogP contribution in [0.2, 0.25) is 0 Å². The lowest BCUT2D eigenvalue weighted by Crippen LogP contribution is -2.25. The fourth-order valence-electron chi connectivity index (χ4n) is 3.15. The van der Waals surface area contributed by atoms with Crippen LogP contribution in [0.5, 0.6) is 0 Å². The molecule has 1 aliphatic heterocycles. The molecule has 154 valence electrons. The molecule has 1 aliphatic rings. The number of hydrogen-bond donors (Lipinski definition) is 0. The molecule has 0 bridgehead atoms. The SMILES string of the molecule is CC(C)(C)c1ccc(C(=O)COC(=O)c2ccc(N3CCCS3(=O)=O)cc2)cc1. The van der Waals surface area contributed by atoms with Gasteiger partial charge < -0.3 is 4.74 Å². The maximum absolute atomic E-state index is 12.3. The highest BCUT2D eigenvalue weighted by Crippen LogP contribution is 2.24. The zero-order valence-corrected chi connectivity index (χ0v) is 17.7. The van der Waals surface area contributed by atoms with Crippen LogP contribution in [0.1, 0.15) is 53.5 Å². The van der Waals surface area contributed by atoms with Gasteiger partial charge in [0.1, 0.15) is 0 Å². The van der Waals surface area contributed by atoms with Crippen molar-refractivity contribution < 1.29 is 22.7 Å². The van der Waals surface area contributed by atoms with Crippen molar-refractivity contribution in [3.8, 4) is 0 Å². The van der Waals surface area contributed by atoms with Crippen LogP contribution in [0, 0.1) is 0 Å². The summed E-state index contributed by atoms with van der Waals surface area (Å²) in [6.07, 6.45) is 0.588. The number of carbonyl (C=O) groups excluding carboxylic acids is 2. The van der Waals surface area contributed by atoms with Crippen LogP contribution in [-0.2, 0) is 20.2 Å². The second kappa shape index (κ2) is 7.99. The third-order valence-corrected chi connectivity index (χ3v) is 6.77. The summed E-state index contributed by atoms with van der Waals surface area (Å²) in [5.74, 6) is -0.769. The number of sulfonamides is 1. The van der Waals surface area contributed by atoms with E-state index in [4.69, 9.17) is 4.74 Å². The predicted octanol–water partition coefficient (Wildman–Crippen LogP) is 3.56. The largest absolute Gasteiger partial charge is 0.454 e. The first-order chi connectivity index (χ1) is 13.6. The summed E-state index contributed by atoms with van der Waals surface area (Å²) in [6, 6.07) is 13.5. The van der Waals surface area contributed by atoms with Crippen molar-refractivity contribution in [1.82, 2.24) is 0 Å². The van der Waals surface area contributed by atoms with Gasteiger partial charge in [0, 0.05) is 12.1 Å². The molecule has 0 aromatic heterocycles. The van der Waals surface area contributed by atoms with Gasteiger partial charge in [-0.3, -0.25) is 9.10 Å². The van der Waals surface area contributed by atoms with Crippen LogP contribution >= 0.6 is 0 Å². The lowest BCUT2D eigenvalue weighted by Gasteiger charge is -2.19. The van der Waals surface area contributed by atoms with Crippen molar-refractivity contribution in [3.05, 3.63) is 65.2 Å². The minimum atomic E-state index is -3.27. The third kappa shape index (κ3) is 4.85. The molecule has 2 aromatic carbocycles. The quantitative estimate of drug-likeness (QED) is 0.551. The first-order valence-electron chi connectivity index (χ1n) is 9.49. The number of hydrogen-bond acceptors (Lipinski definition) is 5. The topological polar surface area (TPSA) is 80.8 Å². The number of anilines is 1. The maximum Gasteiger partial charge on any atom is 0.338 e. The van der Waals surface area contributed by atoms with E-state index in [1.54, 1.807) is 24.3 Å². The number of rotatable bonds is 5. The van der Waals surface area contributed by atoms with Crippen molar-refractivity contribution in [2.75, 3.05) is 23.2 Å². The highest BCUT2D eigenvalue weighted by molar-refractivity contribution is 7.93. The van der Waals surface area contributed by atoms with Crippen LogP contribution in [0.25, 0.3) is 0 Å². The molecule has 0 aliphatic carbocycles. The summed E-state index contributed by atoms with van der Waals surface area (Å²) in [6.45, 7) is 6.37. The number of ketones is 1. The van der Waals surface area contributed by atoms with Crippen molar-refractivity contribution in [2.24, 2.45) is 0 Å². The van der Waals surface area contributed by atoms with Crippen LogP contribution in [-0.4, -0.2) is 39.1 Å². The van der Waals surface area contributed by atoms with Crippen molar-refractivity contribution >= 4 is 27.5 Å². The Morgan fingerprint density at radius 3 is 2.07 bits per heavy atom. The van der Waals surface area contributed by atoms with Crippen LogP contribution in [0.3, 0.4) is 0 Å². The lowest BCUT2D eigenvalue weighted by molar-refractivity contribution is 0.0475. The Bertz CT molecular complexity index is 1000. The lowest BCUT2D eigenvalue weighted by atomic mass is 9.86. The molecule has 2 aromatic rings. The smallest absolute Gasteiger partial charge is 0.338 e. The molecule has 3 rings (SSSR count). The van der Waals surface area contributed by atoms with E-state index in [1.807, 2.05) is 12.1 Å². The van der Waals surface area contributed by atoms with Gasteiger partial charge in [-0.2, -0.15) is 0 Å². The predicted molar refractivity (Wildman–Crippen MR) is 112 cm³/mol. The standard InChI is InChI=1S/C22H25NO5S/c1-22(2,3)18-9-5-16(6-10-18)20(24)15-28-21(25)17-7-11-19(12-8-17)23-13-4-14-29(23,26)27/h5-12H,4,13-15H2,1-3H3. The Kier molecular flexibility index (Phi) is 5.80. The molecule has 0 amide bonds. The summed E-state index contributed by atoms with van der Waals surface area (Å²) in [4.78, 5) is 24.5. The fraction of sp³-hybridized carbons (Fsp3) is 0.364. The van der Waals surface area contributed by atoms with E-state index in [9.17, 15) is 18.0 Å². The van der Waals surface area contributed by atoms with Gasteiger partial charge in [0.05, 0.1) is 17.0 Å². The number of nitrogens with zero attached hydrogens (tertiary/aromatic N) is 1. The zero-order chi connectivity index (χ0) is 21.2. The van der Waals surface area contributed by atoms with Crippen LogP contribution in [0.15, 0.2) is 48.5 Å². The Morgan fingerprint density at radius 1 is 0.966 bits per heavy atom. The number of ether oxygens (including phenoxy) is 1. The highest BCUT2D eigenvalue weighted by Gasteiger charge is 2.28. The average Bonchev–Trinajstić information content (AvgIpc) is 3.04. The first-order valence-corrected chi connectivity index (χ1v) is 11.1. The Labute approximate surface area is 171 Å². The fourth-order valence-corrected chi connectivity index (χ4v) is 4.71. The molecule has 0 spiro atoms. The van der Waals surface area contributed by atoms with Gasteiger partial charge in [-0.1, -0.05) is 45.0 Å². The molecule has 0 N–H and O–H groups in total. The van der Waals surface area contributed by atoms with E-state index in [2.05, 4.69) is 20.8 Å². The summed E-state index contributed by atoms with van der Waals surface area (Å²) in [5, 5.41) is 0. The zero-order valence-electron chi connectivity index (χ0n) is 16.8. The molecule has 1 fully saturated rings. The molecular formula is C22H25NO5S. The summed E-state index contributed by atoms with van der Waals surface area (Å²) in [7, 11) is -3.27. The number of benzene rings is 2. The van der Waals surface area contributed by atoms with Crippen LogP contribution < -0.4 is 4.31 Å². The summed E-state index contributed by atoms with van der Waals surface area (Å²) >= 11 is 0. The van der Waals surface area contributed by atoms with Crippen molar-refractivity contribution in [3.63, 3.8) is 0 Å². The Balaban J connectivity index is 1.60. The molecule has 0 unspecified atom stereocenters. The molecule has 6 nitrogen and oxygen atoms in total. The second-order valence-electron chi connectivity index (χ2n) is 8.12. The minimum Gasteiger partial charge on any atom is -0.454 e. The Hall–Kier alpha value is -2.67. The molecule has 1 saturated heterocycles. The third-order valence-electron chi connectivity index (χ3n) is 4.90. The highest BCUT2D eigenvalue weighted by atomic mass is 32.2. The van der Waals surface area contributed by atoms with E-state index >= 15 is 0 Å². The van der Waals surface area contributed by atoms with Gasteiger partial charge in [0.15, 0.2) is 12.4 Å². The summed E-state index contributed by atoms with van der Waals surface area (Å²) < 4.78 is 30.4. The monoisotopic (exact) mass is 415 g/mol. The number of esters is 1. The van der Waals surface area contributed by atoms with E-state index in [-0.39, 0.29) is 29.1 Å². The van der Waals surface area contributed by atoms with E-state index in [0.29, 0.717) is 24.2 Å². The number of Topliss-reactive ketones (excluding diaryl/α,β-unsaturated/α-hetero) is 1. The average molecular weight is 416 g/mol. The van der Waals surface area contributed by atoms with Gasteiger partial charge in [0.2, 0.25) is 10.0 Å². The van der Waals surface area contributed by atoms with Gasteiger partial charge in [-0.25, -0.2) is 13.2 Å². The second-order valence-corrected chi connectivity index (χ2v) is 10.1. The first kappa shape index (κ1) is 21.0. The van der Waals surface area contributed by atoms with Gasteiger partial charge in [-0.05, 0) is 41.7 Å². The molecular weight excluding hydrogens is 390 g/mol. The van der Waals surface area contributed by atoms with Crippen molar-refractivity contribution in [1.29, 1.82) is 0 Å². The molecule has 0 atom stereocenters. The van der Waals surface area contributed by atoms with E-state index in [0.717, 1.165) is 5.56 Å². The van der Waals surface area contributed by atoms with Crippen molar-refractivity contribution in [2.45, 2.75) is 32.6 Å². The molecule has 0 radical (unpaired) electrons. The molecule has 29 heavy (non-hydrogen) atoms. The summed E-state index contributed by atoms with van der Waals surface area (Å²) in [5.41, 5.74) is 2.39. The minimum absolute atomic E-state index is 0.00535. The Morgan fingerprint density at radius 2 is 1.55 bits per heavy atom. The normalized spacial score (nSPS) is 15.9. The van der Waals surface area contributed by atoms with Gasteiger partial charge >= 0.3 is 5.97 Å².